The molecule has 1 aromatic heterocycles. The lowest BCUT2D eigenvalue weighted by Crippen LogP contribution is -2.35. The van der Waals surface area contributed by atoms with Crippen LogP contribution in [0.3, 0.4) is 0 Å². The second-order valence-corrected chi connectivity index (χ2v) is 9.40. The number of carbonyl (C=O) groups is 2. The van der Waals surface area contributed by atoms with Crippen molar-refractivity contribution < 1.29 is 22.7 Å². The molecule has 35 heavy (non-hydrogen) atoms. The summed E-state index contributed by atoms with van der Waals surface area (Å²) in [6.45, 7) is 1.78. The molecule has 3 aromatic carbocycles. The predicted molar refractivity (Wildman–Crippen MR) is 129 cm³/mol. The average molecular weight is 495 g/mol. The van der Waals surface area contributed by atoms with Crippen LogP contribution in [0.15, 0.2) is 82.5 Å². The molecule has 0 bridgehead atoms. The van der Waals surface area contributed by atoms with Gasteiger partial charge in [0.05, 0.1) is 21.5 Å². The van der Waals surface area contributed by atoms with E-state index in [1.165, 1.54) is 49.4 Å². The number of benzene rings is 3. The van der Waals surface area contributed by atoms with Crippen molar-refractivity contribution in [3.8, 4) is 0 Å². The highest BCUT2D eigenvalue weighted by atomic mass is 32.2. The maximum absolute atomic E-state index is 12.7. The van der Waals surface area contributed by atoms with Gasteiger partial charge in [-0.25, -0.2) is 18.0 Å². The van der Waals surface area contributed by atoms with Crippen molar-refractivity contribution in [2.45, 2.75) is 24.5 Å². The smallest absolute Gasteiger partial charge is 0.338 e. The number of esters is 1. The van der Waals surface area contributed by atoms with Crippen LogP contribution in [0.25, 0.3) is 11.0 Å². The van der Waals surface area contributed by atoms with Crippen molar-refractivity contribution in [3.05, 3.63) is 94.4 Å². The monoisotopic (exact) mass is 494 g/mol. The fourth-order valence-electron chi connectivity index (χ4n) is 3.28. The van der Waals surface area contributed by atoms with E-state index in [-0.39, 0.29) is 16.1 Å². The second-order valence-electron chi connectivity index (χ2n) is 7.72. The summed E-state index contributed by atoms with van der Waals surface area (Å²) < 4.78 is 33.0. The maximum atomic E-state index is 12.7. The number of anilines is 1. The first-order valence-corrected chi connectivity index (χ1v) is 12.1. The lowest BCUT2D eigenvalue weighted by molar-refractivity contribution is -0.129. The van der Waals surface area contributed by atoms with E-state index in [2.05, 4.69) is 20.0 Å². The zero-order valence-corrected chi connectivity index (χ0v) is 19.4. The molecule has 1 amide bonds. The molecule has 1 unspecified atom stereocenters. The highest BCUT2D eigenvalue weighted by molar-refractivity contribution is 7.92. The second kappa shape index (κ2) is 9.85. The number of carbonyl (C=O) groups excluding carboxylic acids is 2. The van der Waals surface area contributed by atoms with E-state index < -0.39 is 33.7 Å². The highest BCUT2D eigenvalue weighted by Crippen LogP contribution is 2.20. The fraction of sp³-hybridized carbons (Fsp3) is 0.125. The van der Waals surface area contributed by atoms with Crippen molar-refractivity contribution in [2.75, 3.05) is 4.72 Å². The minimum absolute atomic E-state index is 0.0425. The van der Waals surface area contributed by atoms with Gasteiger partial charge >= 0.3 is 11.7 Å². The van der Waals surface area contributed by atoms with Crippen LogP contribution in [0, 0.1) is 0 Å². The summed E-state index contributed by atoms with van der Waals surface area (Å²) in [6.07, 6.45) is -1.01. The number of aromatic amines is 2. The molecule has 0 radical (unpaired) electrons. The summed E-state index contributed by atoms with van der Waals surface area (Å²) >= 11 is 0. The molecule has 1 atom stereocenters. The molecule has 11 heteroatoms. The third-order valence-electron chi connectivity index (χ3n) is 5.13. The van der Waals surface area contributed by atoms with Gasteiger partial charge in [-0.2, -0.15) is 0 Å². The third-order valence-corrected chi connectivity index (χ3v) is 6.51. The Balaban J connectivity index is 1.36. The Kier molecular flexibility index (Phi) is 6.69. The number of hydrogen-bond donors (Lipinski definition) is 4. The number of ether oxygens (including phenoxy) is 1. The van der Waals surface area contributed by atoms with Gasteiger partial charge in [0.25, 0.3) is 15.9 Å². The quantitative estimate of drug-likeness (QED) is 0.277. The van der Waals surface area contributed by atoms with E-state index >= 15 is 0 Å². The number of imidazole rings is 1. The van der Waals surface area contributed by atoms with Crippen molar-refractivity contribution in [3.63, 3.8) is 0 Å². The predicted octanol–water partition coefficient (Wildman–Crippen LogP) is 2.52. The number of amides is 1. The Morgan fingerprint density at radius 3 is 2.34 bits per heavy atom. The van der Waals surface area contributed by atoms with Gasteiger partial charge in [0.2, 0.25) is 0 Å². The Labute approximate surface area is 200 Å². The number of aromatic nitrogens is 2. The van der Waals surface area contributed by atoms with Gasteiger partial charge in [-0.1, -0.05) is 30.3 Å². The molecule has 4 N–H and O–H groups in total. The Morgan fingerprint density at radius 1 is 0.943 bits per heavy atom. The van der Waals surface area contributed by atoms with Crippen LogP contribution in [0.1, 0.15) is 22.8 Å². The lowest BCUT2D eigenvalue weighted by Gasteiger charge is -2.14. The Hall–Kier alpha value is -4.38. The van der Waals surface area contributed by atoms with Gasteiger partial charge in [-0.15, -0.1) is 0 Å². The summed E-state index contributed by atoms with van der Waals surface area (Å²) in [5, 5.41) is 2.70. The van der Waals surface area contributed by atoms with Crippen LogP contribution >= 0.6 is 0 Å². The minimum atomic E-state index is -3.94. The van der Waals surface area contributed by atoms with E-state index in [4.69, 9.17) is 4.74 Å². The van der Waals surface area contributed by atoms with Gasteiger partial charge in [-0.05, 0) is 55.0 Å². The maximum Gasteiger partial charge on any atom is 0.338 e. The molecule has 1 heterocycles. The molecule has 0 aliphatic carbocycles. The van der Waals surface area contributed by atoms with E-state index in [0.717, 1.165) is 5.56 Å². The normalized spacial score (nSPS) is 12.1. The first-order valence-electron chi connectivity index (χ1n) is 10.6. The molecule has 4 aromatic rings. The minimum Gasteiger partial charge on any atom is -0.449 e. The van der Waals surface area contributed by atoms with E-state index in [1.807, 2.05) is 30.3 Å². The van der Waals surface area contributed by atoms with Crippen molar-refractivity contribution >= 4 is 38.6 Å². The third kappa shape index (κ3) is 5.76. The number of rotatable bonds is 8. The molecule has 0 aliphatic heterocycles. The van der Waals surface area contributed by atoms with Gasteiger partial charge in [-0.3, -0.25) is 9.52 Å². The van der Waals surface area contributed by atoms with Gasteiger partial charge < -0.3 is 20.0 Å². The number of sulfonamides is 1. The molecule has 10 nitrogen and oxygen atoms in total. The van der Waals surface area contributed by atoms with Crippen LogP contribution in [-0.2, 0) is 26.1 Å². The first-order chi connectivity index (χ1) is 16.7. The van der Waals surface area contributed by atoms with E-state index in [9.17, 15) is 22.8 Å². The zero-order chi connectivity index (χ0) is 25.0. The van der Waals surface area contributed by atoms with Crippen LogP contribution in [0.4, 0.5) is 5.69 Å². The van der Waals surface area contributed by atoms with Crippen LogP contribution < -0.4 is 15.7 Å². The van der Waals surface area contributed by atoms with Crippen molar-refractivity contribution in [1.82, 2.24) is 15.3 Å². The number of H-pyrrole nitrogens is 2. The fourth-order valence-corrected chi connectivity index (χ4v) is 4.36. The summed E-state index contributed by atoms with van der Waals surface area (Å²) in [5.41, 5.74) is 1.70. The average Bonchev–Trinajstić information content (AvgIpc) is 3.22. The SMILES string of the molecule is CC(OC(=O)c1ccc(NS(=O)(=O)c2ccc3[nH]c(=O)[nH]c3c2)cc1)C(=O)NCc1ccccc1. The van der Waals surface area contributed by atoms with Crippen molar-refractivity contribution in [2.24, 2.45) is 0 Å². The highest BCUT2D eigenvalue weighted by Gasteiger charge is 2.20. The number of fused-ring (bicyclic) bond motifs is 1. The summed E-state index contributed by atoms with van der Waals surface area (Å²) in [7, 11) is -3.94. The molecule has 0 saturated carbocycles. The van der Waals surface area contributed by atoms with Gasteiger partial charge in [0.1, 0.15) is 0 Å². The summed E-state index contributed by atoms with van der Waals surface area (Å²) in [6, 6.07) is 19.1. The molecule has 0 aliphatic rings. The number of hydrogen-bond acceptors (Lipinski definition) is 6. The summed E-state index contributed by atoms with van der Waals surface area (Å²) in [5.74, 6) is -1.16. The standard InChI is InChI=1S/C24H22N4O6S/c1-15(22(29)25-14-16-5-3-2-4-6-16)34-23(30)17-7-9-18(10-8-17)28-35(32,33)19-11-12-20-21(13-19)27-24(31)26-20/h2-13,15,28H,14H2,1H3,(H,25,29)(H2,26,27,31). The lowest BCUT2D eigenvalue weighted by atomic mass is 10.2. The molecular weight excluding hydrogens is 472 g/mol. The summed E-state index contributed by atoms with van der Waals surface area (Å²) in [4.78, 5) is 41.0. The zero-order valence-electron chi connectivity index (χ0n) is 18.6. The Bertz CT molecular complexity index is 1530. The largest absolute Gasteiger partial charge is 0.449 e. The molecule has 4 rings (SSSR count). The molecular formula is C24H22N4O6S. The van der Waals surface area contributed by atoms with E-state index in [0.29, 0.717) is 17.6 Å². The molecule has 0 fully saturated rings. The van der Waals surface area contributed by atoms with E-state index in [1.54, 1.807) is 0 Å². The molecule has 180 valence electrons. The van der Waals surface area contributed by atoms with Crippen LogP contribution in [0.2, 0.25) is 0 Å². The van der Waals surface area contributed by atoms with Gasteiger partial charge in [0.15, 0.2) is 6.10 Å². The molecule has 0 saturated heterocycles. The first kappa shape index (κ1) is 23.8. The molecule has 0 spiro atoms. The Morgan fingerprint density at radius 2 is 1.63 bits per heavy atom. The number of nitrogens with one attached hydrogen (secondary N) is 4. The van der Waals surface area contributed by atoms with Gasteiger partial charge in [0, 0.05) is 12.2 Å². The van der Waals surface area contributed by atoms with Crippen LogP contribution in [-0.4, -0.2) is 36.4 Å². The van der Waals surface area contributed by atoms with Crippen LogP contribution in [0.5, 0.6) is 0 Å². The topological polar surface area (TPSA) is 150 Å². The van der Waals surface area contributed by atoms with Crippen molar-refractivity contribution in [1.29, 1.82) is 0 Å².